The molecule has 0 saturated carbocycles. The Hall–Kier alpha value is -2.89. The molecule has 0 aliphatic rings. The predicted molar refractivity (Wildman–Crippen MR) is 87.7 cm³/mol. The highest BCUT2D eigenvalue weighted by molar-refractivity contribution is 5.94. The van der Waals surface area contributed by atoms with Gasteiger partial charge in [0.1, 0.15) is 0 Å². The Morgan fingerprint density at radius 3 is 2.39 bits per heavy atom. The molecule has 0 aliphatic heterocycles. The summed E-state index contributed by atoms with van der Waals surface area (Å²) in [6, 6.07) is 11.7. The molecule has 2 aromatic carbocycles. The van der Waals surface area contributed by atoms with Crippen molar-refractivity contribution in [2.75, 3.05) is 5.32 Å². The van der Waals surface area contributed by atoms with Crippen molar-refractivity contribution in [3.63, 3.8) is 0 Å². The minimum absolute atomic E-state index is 0.0700. The molecule has 0 spiro atoms. The molecule has 23 heavy (non-hydrogen) atoms. The van der Waals surface area contributed by atoms with Crippen LogP contribution in [0.4, 0.5) is 11.4 Å². The van der Waals surface area contributed by atoms with Crippen molar-refractivity contribution in [1.82, 2.24) is 0 Å². The number of nitro benzene ring substituents is 1. The smallest absolute Gasteiger partial charge is 0.310 e. The van der Waals surface area contributed by atoms with Crippen LogP contribution in [0.25, 0.3) is 0 Å². The third-order valence-electron chi connectivity index (χ3n) is 3.22. The third kappa shape index (κ3) is 4.29. The standard InChI is InChI=1S/C17H18N2O4/c1-11-8-12(2)10-14(9-11)18-17(20)13(3)23-16-7-5-4-6-15(16)19(21)22/h4-10,13H,1-3H3,(H,18,20)/t13-/m0/s1. The van der Waals surface area contributed by atoms with Crippen molar-refractivity contribution in [2.45, 2.75) is 26.9 Å². The van der Waals surface area contributed by atoms with E-state index >= 15 is 0 Å². The summed E-state index contributed by atoms with van der Waals surface area (Å²) < 4.78 is 5.45. The number of carbonyl (C=O) groups excluding carboxylic acids is 1. The Balaban J connectivity index is 2.10. The van der Waals surface area contributed by atoms with Gasteiger partial charge in [-0.3, -0.25) is 14.9 Å². The quantitative estimate of drug-likeness (QED) is 0.675. The molecule has 0 unspecified atom stereocenters. The summed E-state index contributed by atoms with van der Waals surface area (Å²) in [6.07, 6.45) is -0.864. The second-order valence-electron chi connectivity index (χ2n) is 5.35. The van der Waals surface area contributed by atoms with E-state index in [1.807, 2.05) is 32.0 Å². The lowest BCUT2D eigenvalue weighted by Gasteiger charge is -2.15. The SMILES string of the molecule is Cc1cc(C)cc(NC(=O)[C@H](C)Oc2ccccc2[N+](=O)[O-])c1. The minimum atomic E-state index is -0.864. The van der Waals surface area contributed by atoms with Crippen LogP contribution in [0, 0.1) is 24.0 Å². The maximum atomic E-state index is 12.2. The maximum absolute atomic E-state index is 12.2. The molecule has 0 aromatic heterocycles. The molecule has 1 N–H and O–H groups in total. The topological polar surface area (TPSA) is 81.5 Å². The zero-order chi connectivity index (χ0) is 17.0. The molecule has 6 nitrogen and oxygen atoms in total. The van der Waals surface area contributed by atoms with E-state index in [4.69, 9.17) is 4.74 Å². The van der Waals surface area contributed by atoms with Crippen LogP contribution in [-0.4, -0.2) is 16.9 Å². The first-order valence-electron chi connectivity index (χ1n) is 7.16. The third-order valence-corrected chi connectivity index (χ3v) is 3.22. The molecule has 6 heteroatoms. The first-order valence-corrected chi connectivity index (χ1v) is 7.16. The van der Waals surface area contributed by atoms with Crippen molar-refractivity contribution < 1.29 is 14.5 Å². The van der Waals surface area contributed by atoms with Crippen molar-refractivity contribution >= 4 is 17.3 Å². The number of aryl methyl sites for hydroxylation is 2. The number of nitro groups is 1. The molecule has 0 saturated heterocycles. The van der Waals surface area contributed by atoms with Gasteiger partial charge in [-0.05, 0) is 50.1 Å². The Morgan fingerprint density at radius 1 is 1.17 bits per heavy atom. The number of carbonyl (C=O) groups is 1. The number of rotatable bonds is 5. The van der Waals surface area contributed by atoms with E-state index in [1.165, 1.54) is 12.1 Å². The predicted octanol–water partition coefficient (Wildman–Crippen LogP) is 3.62. The number of nitrogens with zero attached hydrogens (tertiary/aromatic N) is 1. The van der Waals surface area contributed by atoms with Crippen LogP contribution < -0.4 is 10.1 Å². The first kappa shape index (κ1) is 16.5. The highest BCUT2D eigenvalue weighted by Crippen LogP contribution is 2.27. The highest BCUT2D eigenvalue weighted by atomic mass is 16.6. The largest absolute Gasteiger partial charge is 0.474 e. The fraction of sp³-hybridized carbons (Fsp3) is 0.235. The van der Waals surface area contributed by atoms with Crippen LogP contribution in [0.15, 0.2) is 42.5 Å². The number of ether oxygens (including phenoxy) is 1. The summed E-state index contributed by atoms with van der Waals surface area (Å²) in [5.74, 6) is -0.297. The molecule has 0 radical (unpaired) electrons. The summed E-state index contributed by atoms with van der Waals surface area (Å²) in [4.78, 5) is 22.6. The Bertz CT molecular complexity index is 723. The van der Waals surface area contributed by atoms with E-state index in [-0.39, 0.29) is 17.3 Å². The number of hydrogen-bond donors (Lipinski definition) is 1. The number of anilines is 1. The number of amides is 1. The minimum Gasteiger partial charge on any atom is -0.474 e. The monoisotopic (exact) mass is 314 g/mol. The van der Waals surface area contributed by atoms with Gasteiger partial charge in [-0.25, -0.2) is 0 Å². The lowest BCUT2D eigenvalue weighted by Crippen LogP contribution is -2.30. The second-order valence-corrected chi connectivity index (χ2v) is 5.35. The lowest BCUT2D eigenvalue weighted by atomic mass is 10.1. The van der Waals surface area contributed by atoms with E-state index in [2.05, 4.69) is 5.32 Å². The van der Waals surface area contributed by atoms with Gasteiger partial charge >= 0.3 is 5.69 Å². The zero-order valence-electron chi connectivity index (χ0n) is 13.2. The molecule has 2 aromatic rings. The maximum Gasteiger partial charge on any atom is 0.310 e. The van der Waals surface area contributed by atoms with Gasteiger partial charge in [0, 0.05) is 11.8 Å². The van der Waals surface area contributed by atoms with E-state index < -0.39 is 11.0 Å². The molecule has 0 fully saturated rings. The van der Waals surface area contributed by atoms with Crippen LogP contribution in [0.2, 0.25) is 0 Å². The molecule has 2 rings (SSSR count). The lowest BCUT2D eigenvalue weighted by molar-refractivity contribution is -0.386. The molecule has 0 aliphatic carbocycles. The van der Waals surface area contributed by atoms with Crippen molar-refractivity contribution in [3.8, 4) is 5.75 Å². The molecule has 0 heterocycles. The number of nitrogens with one attached hydrogen (secondary N) is 1. The number of hydrogen-bond acceptors (Lipinski definition) is 4. The Labute approximate surface area is 134 Å². The van der Waals surface area contributed by atoms with E-state index in [0.29, 0.717) is 5.69 Å². The van der Waals surface area contributed by atoms with Crippen molar-refractivity contribution in [3.05, 3.63) is 63.7 Å². The average Bonchev–Trinajstić information content (AvgIpc) is 2.46. The van der Waals surface area contributed by atoms with Crippen molar-refractivity contribution in [1.29, 1.82) is 0 Å². The fourth-order valence-electron chi connectivity index (χ4n) is 2.24. The summed E-state index contributed by atoms with van der Waals surface area (Å²) in [6.45, 7) is 5.43. The second kappa shape index (κ2) is 6.91. The normalized spacial score (nSPS) is 11.6. The summed E-state index contributed by atoms with van der Waals surface area (Å²) >= 11 is 0. The molecule has 1 atom stereocenters. The van der Waals surface area contributed by atoms with Crippen LogP contribution in [-0.2, 0) is 4.79 Å². The van der Waals surface area contributed by atoms with Gasteiger partial charge < -0.3 is 10.1 Å². The van der Waals surface area contributed by atoms with Gasteiger partial charge in [0.25, 0.3) is 5.91 Å². The molecule has 0 bridgehead atoms. The molecule has 1 amide bonds. The van der Waals surface area contributed by atoms with Gasteiger partial charge in [-0.2, -0.15) is 0 Å². The zero-order valence-corrected chi connectivity index (χ0v) is 13.2. The van der Waals surface area contributed by atoms with Gasteiger partial charge in [-0.1, -0.05) is 18.2 Å². The summed E-state index contributed by atoms with van der Waals surface area (Å²) in [5.41, 5.74) is 2.57. The van der Waals surface area contributed by atoms with Crippen LogP contribution >= 0.6 is 0 Å². The highest BCUT2D eigenvalue weighted by Gasteiger charge is 2.20. The van der Waals surface area contributed by atoms with Crippen LogP contribution in [0.5, 0.6) is 5.75 Å². The average molecular weight is 314 g/mol. The van der Waals surface area contributed by atoms with Gasteiger partial charge in [0.05, 0.1) is 4.92 Å². The van der Waals surface area contributed by atoms with Crippen LogP contribution in [0.1, 0.15) is 18.1 Å². The van der Waals surface area contributed by atoms with Crippen LogP contribution in [0.3, 0.4) is 0 Å². The summed E-state index contributed by atoms with van der Waals surface area (Å²) in [7, 11) is 0. The molecule has 120 valence electrons. The first-order chi connectivity index (χ1) is 10.9. The van der Waals surface area contributed by atoms with Gasteiger partial charge in [0.2, 0.25) is 0 Å². The Kier molecular flexibility index (Phi) is 4.95. The number of benzene rings is 2. The van der Waals surface area contributed by atoms with Gasteiger partial charge in [-0.15, -0.1) is 0 Å². The van der Waals surface area contributed by atoms with Gasteiger partial charge in [0.15, 0.2) is 11.9 Å². The number of para-hydroxylation sites is 2. The Morgan fingerprint density at radius 2 is 1.78 bits per heavy atom. The summed E-state index contributed by atoms with van der Waals surface area (Å²) in [5, 5.41) is 13.7. The fourth-order valence-corrected chi connectivity index (χ4v) is 2.24. The van der Waals surface area contributed by atoms with Crippen molar-refractivity contribution in [2.24, 2.45) is 0 Å². The molecular formula is C17H18N2O4. The van der Waals surface area contributed by atoms with E-state index in [0.717, 1.165) is 11.1 Å². The van der Waals surface area contributed by atoms with E-state index in [1.54, 1.807) is 19.1 Å². The van der Waals surface area contributed by atoms with E-state index in [9.17, 15) is 14.9 Å². The molecular weight excluding hydrogens is 296 g/mol.